The van der Waals surface area contributed by atoms with Gasteiger partial charge in [0.2, 0.25) is 0 Å². The van der Waals surface area contributed by atoms with E-state index < -0.39 is 0 Å². The number of halogens is 1. The van der Waals surface area contributed by atoms with Crippen molar-refractivity contribution >= 4 is 30.1 Å². The number of amides is 1. The van der Waals surface area contributed by atoms with Crippen LogP contribution in [0.4, 0.5) is 0 Å². The molecule has 1 amide bonds. The van der Waals surface area contributed by atoms with Crippen LogP contribution in [0.3, 0.4) is 0 Å². The molecule has 0 radical (unpaired) electrons. The summed E-state index contributed by atoms with van der Waals surface area (Å²) >= 11 is 1.62. The Hall–Kier alpha value is -1.49. The maximum Gasteiger partial charge on any atom is 0.252 e. The second-order valence-electron chi connectivity index (χ2n) is 5.41. The van der Waals surface area contributed by atoms with E-state index in [1.165, 1.54) is 6.42 Å². The van der Waals surface area contributed by atoms with Crippen LogP contribution in [0.25, 0.3) is 0 Å². The van der Waals surface area contributed by atoms with Gasteiger partial charge in [0.25, 0.3) is 5.91 Å². The lowest BCUT2D eigenvalue weighted by molar-refractivity contribution is 0.0947. The highest BCUT2D eigenvalue weighted by Crippen LogP contribution is 2.30. The monoisotopic (exact) mass is 348 g/mol. The molecule has 2 aromatic rings. The molecule has 23 heavy (non-hydrogen) atoms. The molecule has 0 aromatic heterocycles. The molecule has 1 heterocycles. The SMILES string of the molecule is Cl.O=C(NCC1CCCN1)c1ccccc1Sc1ccccc1. The fourth-order valence-electron chi connectivity index (χ4n) is 2.60. The van der Waals surface area contributed by atoms with E-state index >= 15 is 0 Å². The Balaban J connectivity index is 0.00000192. The zero-order valence-electron chi connectivity index (χ0n) is 12.8. The van der Waals surface area contributed by atoms with Crippen molar-refractivity contribution in [2.45, 2.75) is 28.7 Å². The first-order chi connectivity index (χ1) is 10.8. The van der Waals surface area contributed by atoms with Gasteiger partial charge in [-0.05, 0) is 43.7 Å². The number of nitrogens with one attached hydrogen (secondary N) is 2. The van der Waals surface area contributed by atoms with Crippen molar-refractivity contribution in [3.63, 3.8) is 0 Å². The van der Waals surface area contributed by atoms with Crippen molar-refractivity contribution < 1.29 is 4.79 Å². The quantitative estimate of drug-likeness (QED) is 0.864. The number of hydrogen-bond acceptors (Lipinski definition) is 3. The Morgan fingerprint density at radius 2 is 1.87 bits per heavy atom. The molecule has 1 atom stereocenters. The third-order valence-electron chi connectivity index (χ3n) is 3.77. The molecule has 122 valence electrons. The van der Waals surface area contributed by atoms with E-state index in [0.717, 1.165) is 28.3 Å². The molecule has 1 fully saturated rings. The van der Waals surface area contributed by atoms with Crippen LogP contribution in [0.1, 0.15) is 23.2 Å². The lowest BCUT2D eigenvalue weighted by Crippen LogP contribution is -2.37. The van der Waals surface area contributed by atoms with E-state index in [0.29, 0.717) is 12.6 Å². The largest absolute Gasteiger partial charge is 0.350 e. The molecule has 1 aliphatic rings. The highest BCUT2D eigenvalue weighted by molar-refractivity contribution is 7.99. The van der Waals surface area contributed by atoms with Gasteiger partial charge in [0.1, 0.15) is 0 Å². The molecule has 2 aromatic carbocycles. The van der Waals surface area contributed by atoms with E-state index in [2.05, 4.69) is 22.8 Å². The third kappa shape index (κ3) is 4.99. The maximum absolute atomic E-state index is 12.5. The minimum Gasteiger partial charge on any atom is -0.350 e. The van der Waals surface area contributed by atoms with Crippen LogP contribution in [0.15, 0.2) is 64.4 Å². The van der Waals surface area contributed by atoms with Gasteiger partial charge in [-0.25, -0.2) is 0 Å². The first-order valence-electron chi connectivity index (χ1n) is 7.66. The first-order valence-corrected chi connectivity index (χ1v) is 8.48. The van der Waals surface area contributed by atoms with Crippen molar-refractivity contribution in [2.75, 3.05) is 13.1 Å². The van der Waals surface area contributed by atoms with Crippen LogP contribution in [0.5, 0.6) is 0 Å². The van der Waals surface area contributed by atoms with Gasteiger partial charge in [-0.15, -0.1) is 12.4 Å². The summed E-state index contributed by atoms with van der Waals surface area (Å²) in [6, 6.07) is 18.3. The Labute approximate surface area is 147 Å². The number of benzene rings is 2. The number of carbonyl (C=O) groups is 1. The smallest absolute Gasteiger partial charge is 0.252 e. The summed E-state index contributed by atoms with van der Waals surface area (Å²) in [7, 11) is 0. The molecule has 0 saturated carbocycles. The normalized spacial score (nSPS) is 16.6. The van der Waals surface area contributed by atoms with Crippen molar-refractivity contribution in [2.24, 2.45) is 0 Å². The van der Waals surface area contributed by atoms with Crippen molar-refractivity contribution in [1.82, 2.24) is 10.6 Å². The molecule has 5 heteroatoms. The van der Waals surface area contributed by atoms with Crippen LogP contribution in [0.2, 0.25) is 0 Å². The second-order valence-corrected chi connectivity index (χ2v) is 6.53. The van der Waals surface area contributed by atoms with Crippen molar-refractivity contribution in [3.05, 3.63) is 60.2 Å². The molecule has 3 nitrogen and oxygen atoms in total. The van der Waals surface area contributed by atoms with E-state index in [1.807, 2.05) is 42.5 Å². The van der Waals surface area contributed by atoms with E-state index in [-0.39, 0.29) is 18.3 Å². The zero-order chi connectivity index (χ0) is 15.2. The number of rotatable bonds is 5. The van der Waals surface area contributed by atoms with E-state index in [9.17, 15) is 4.79 Å². The highest BCUT2D eigenvalue weighted by atomic mass is 35.5. The van der Waals surface area contributed by atoms with Crippen LogP contribution in [-0.4, -0.2) is 25.0 Å². The molecular weight excluding hydrogens is 328 g/mol. The van der Waals surface area contributed by atoms with Crippen molar-refractivity contribution in [3.8, 4) is 0 Å². The van der Waals surface area contributed by atoms with Crippen molar-refractivity contribution in [1.29, 1.82) is 0 Å². The Kier molecular flexibility index (Phi) is 6.96. The van der Waals surface area contributed by atoms with Crippen LogP contribution in [-0.2, 0) is 0 Å². The predicted octanol–water partition coefficient (Wildman–Crippen LogP) is 3.74. The minimum atomic E-state index is 0. The summed E-state index contributed by atoms with van der Waals surface area (Å²) in [5.41, 5.74) is 0.745. The standard InChI is InChI=1S/C18H20N2OS.ClH/c21-18(20-13-14-7-6-12-19-14)16-10-4-5-11-17(16)22-15-8-2-1-3-9-15;/h1-5,8-11,14,19H,6-7,12-13H2,(H,20,21);1H. The first kappa shape index (κ1) is 17.9. The fourth-order valence-corrected chi connectivity index (χ4v) is 3.57. The second kappa shape index (κ2) is 8.96. The van der Waals surface area contributed by atoms with E-state index in [4.69, 9.17) is 0 Å². The molecule has 0 bridgehead atoms. The Morgan fingerprint density at radius 3 is 2.61 bits per heavy atom. The van der Waals surface area contributed by atoms with Crippen LogP contribution in [0, 0.1) is 0 Å². The van der Waals surface area contributed by atoms with Crippen LogP contribution < -0.4 is 10.6 Å². The summed E-state index contributed by atoms with van der Waals surface area (Å²) in [6.07, 6.45) is 2.33. The molecule has 2 N–H and O–H groups in total. The van der Waals surface area contributed by atoms with Gasteiger partial charge in [-0.1, -0.05) is 42.1 Å². The average Bonchev–Trinajstić information content (AvgIpc) is 3.08. The number of carbonyl (C=O) groups excluding carboxylic acids is 1. The van der Waals surface area contributed by atoms with Gasteiger partial charge >= 0.3 is 0 Å². The lowest BCUT2D eigenvalue weighted by atomic mass is 10.2. The van der Waals surface area contributed by atoms with Gasteiger partial charge in [-0.3, -0.25) is 4.79 Å². The topological polar surface area (TPSA) is 41.1 Å². The number of hydrogen-bond donors (Lipinski definition) is 2. The summed E-state index contributed by atoms with van der Waals surface area (Å²) in [5, 5.41) is 6.45. The summed E-state index contributed by atoms with van der Waals surface area (Å²) in [5.74, 6) is 0.00716. The molecule has 0 aliphatic carbocycles. The maximum atomic E-state index is 12.5. The van der Waals surface area contributed by atoms with Crippen LogP contribution >= 0.6 is 24.2 Å². The van der Waals surface area contributed by atoms with Gasteiger partial charge < -0.3 is 10.6 Å². The zero-order valence-corrected chi connectivity index (χ0v) is 14.5. The Bertz CT molecular complexity index is 630. The predicted molar refractivity (Wildman–Crippen MR) is 97.6 cm³/mol. The lowest BCUT2D eigenvalue weighted by Gasteiger charge is -2.13. The molecule has 0 spiro atoms. The summed E-state index contributed by atoms with van der Waals surface area (Å²) in [4.78, 5) is 14.6. The molecule has 1 saturated heterocycles. The molecular formula is C18H21ClN2OS. The summed E-state index contributed by atoms with van der Waals surface area (Å²) < 4.78 is 0. The molecule has 1 aliphatic heterocycles. The average molecular weight is 349 g/mol. The van der Waals surface area contributed by atoms with Gasteiger partial charge in [0.15, 0.2) is 0 Å². The fraction of sp³-hybridized carbons (Fsp3) is 0.278. The van der Waals surface area contributed by atoms with E-state index in [1.54, 1.807) is 11.8 Å². The molecule has 3 rings (SSSR count). The summed E-state index contributed by atoms with van der Waals surface area (Å²) in [6.45, 7) is 1.75. The minimum absolute atomic E-state index is 0. The van der Waals surface area contributed by atoms with Gasteiger partial charge in [0.05, 0.1) is 5.56 Å². The highest BCUT2D eigenvalue weighted by Gasteiger charge is 2.17. The molecule has 1 unspecified atom stereocenters. The Morgan fingerprint density at radius 1 is 1.13 bits per heavy atom. The third-order valence-corrected chi connectivity index (χ3v) is 4.86. The van der Waals surface area contributed by atoms with Gasteiger partial charge in [-0.2, -0.15) is 0 Å². The van der Waals surface area contributed by atoms with Gasteiger partial charge in [0, 0.05) is 22.4 Å².